The van der Waals surface area contributed by atoms with Gasteiger partial charge in [-0.3, -0.25) is 0 Å². The third-order valence-corrected chi connectivity index (χ3v) is 4.17. The van der Waals surface area contributed by atoms with Crippen molar-refractivity contribution < 1.29 is 50.0 Å². The minimum Gasteiger partial charge on any atom is -0.870 e. The topological polar surface area (TPSA) is 92.5 Å². The molecule has 1 heterocycles. The predicted molar refractivity (Wildman–Crippen MR) is 88.1 cm³/mol. The Morgan fingerprint density at radius 3 is 2.38 bits per heavy atom. The van der Waals surface area contributed by atoms with E-state index in [1.165, 1.54) is 18.2 Å². The van der Waals surface area contributed by atoms with E-state index in [4.69, 9.17) is 23.2 Å². The molecular weight excluding hydrogens is 364 g/mol. The van der Waals surface area contributed by atoms with Gasteiger partial charge in [0.1, 0.15) is 11.4 Å². The summed E-state index contributed by atoms with van der Waals surface area (Å²) in [5.74, 6) is -0.938. The summed E-state index contributed by atoms with van der Waals surface area (Å²) in [7, 11) is 0. The molecule has 5 nitrogen and oxygen atoms in total. The maximum absolute atomic E-state index is 11.5. The van der Waals surface area contributed by atoms with Crippen LogP contribution in [0.2, 0.25) is 10.0 Å². The Kier molecular flexibility index (Phi) is 7.16. The molecular formula is C16H12Cl2NNaO4. The fourth-order valence-corrected chi connectivity index (χ4v) is 2.75. The number of fused-ring (bicyclic) bond motifs is 1. The second-order valence-electron chi connectivity index (χ2n) is 4.91. The van der Waals surface area contributed by atoms with E-state index in [-0.39, 0.29) is 46.5 Å². The summed E-state index contributed by atoms with van der Waals surface area (Å²) < 4.78 is 1.66. The molecule has 0 fully saturated rings. The standard InChI is InChI=1S/C16H11Cl2NO3.Na.H2O/c17-12-3-1-9(5-13(12)18)8-19-14-4-2-11(20)6-10(14)7-15(19)16(21)22;;/h1-7,20H,8H2,(H,21,22);;1H2/q;+1;/p-1. The molecule has 0 amide bonds. The Balaban J connectivity index is 0.00000144. The molecule has 3 aromatic rings. The van der Waals surface area contributed by atoms with Crippen molar-refractivity contribution in [1.82, 2.24) is 4.57 Å². The molecule has 0 aliphatic heterocycles. The molecule has 0 unspecified atom stereocenters. The Morgan fingerprint density at radius 1 is 1.04 bits per heavy atom. The third kappa shape index (κ3) is 4.06. The smallest absolute Gasteiger partial charge is 0.870 e. The van der Waals surface area contributed by atoms with E-state index in [0.29, 0.717) is 22.0 Å². The fraction of sp³-hybridized carbons (Fsp3) is 0.0625. The Bertz CT molecular complexity index is 895. The van der Waals surface area contributed by atoms with Gasteiger partial charge in [-0.15, -0.1) is 0 Å². The van der Waals surface area contributed by atoms with Crippen molar-refractivity contribution in [1.29, 1.82) is 0 Å². The van der Waals surface area contributed by atoms with Gasteiger partial charge in [0.05, 0.1) is 10.0 Å². The number of nitrogens with zero attached hydrogens (tertiary/aromatic N) is 1. The van der Waals surface area contributed by atoms with Crippen molar-refractivity contribution in [3.05, 3.63) is 63.8 Å². The molecule has 3 rings (SSSR count). The zero-order chi connectivity index (χ0) is 15.9. The third-order valence-electron chi connectivity index (χ3n) is 3.43. The van der Waals surface area contributed by atoms with E-state index in [0.717, 1.165) is 11.1 Å². The van der Waals surface area contributed by atoms with Crippen molar-refractivity contribution in [2.45, 2.75) is 6.54 Å². The molecule has 0 bridgehead atoms. The van der Waals surface area contributed by atoms with Crippen LogP contribution in [0.15, 0.2) is 42.5 Å². The van der Waals surface area contributed by atoms with Gasteiger partial charge in [-0.05, 0) is 42.0 Å². The number of carboxylic acids is 1. The van der Waals surface area contributed by atoms with Crippen LogP contribution in [0, 0.1) is 0 Å². The second-order valence-corrected chi connectivity index (χ2v) is 5.73. The Hall–Kier alpha value is -1.21. The first-order chi connectivity index (χ1) is 10.5. The van der Waals surface area contributed by atoms with Gasteiger partial charge in [-0.2, -0.15) is 0 Å². The van der Waals surface area contributed by atoms with Crippen LogP contribution in [0.4, 0.5) is 0 Å². The van der Waals surface area contributed by atoms with E-state index < -0.39 is 5.97 Å². The fourth-order valence-electron chi connectivity index (χ4n) is 2.43. The second kappa shape index (κ2) is 8.25. The normalized spacial score (nSPS) is 10.1. The van der Waals surface area contributed by atoms with Gasteiger partial charge in [-0.25, -0.2) is 4.79 Å². The van der Waals surface area contributed by atoms with Crippen LogP contribution < -0.4 is 29.6 Å². The summed E-state index contributed by atoms with van der Waals surface area (Å²) in [5, 5.41) is 20.5. The molecule has 0 spiro atoms. The molecule has 120 valence electrons. The number of aromatic hydroxyl groups is 1. The molecule has 24 heavy (non-hydrogen) atoms. The van der Waals surface area contributed by atoms with Crippen LogP contribution in [0.1, 0.15) is 16.1 Å². The SMILES string of the molecule is O=C(O)c1cc2cc(O)ccc2n1Cc1ccc(Cl)c(Cl)c1.[Na+].[OH-]. The van der Waals surface area contributed by atoms with Gasteiger partial charge in [-0.1, -0.05) is 29.3 Å². The number of benzene rings is 2. The number of hydrogen-bond acceptors (Lipinski definition) is 3. The number of phenolic OH excluding ortho intramolecular Hbond substituents is 1. The van der Waals surface area contributed by atoms with Crippen LogP contribution in [0.25, 0.3) is 10.9 Å². The summed E-state index contributed by atoms with van der Waals surface area (Å²) in [6.07, 6.45) is 0. The van der Waals surface area contributed by atoms with Gasteiger partial charge in [0, 0.05) is 17.4 Å². The van der Waals surface area contributed by atoms with Crippen LogP contribution >= 0.6 is 23.2 Å². The number of carboxylic acid groups (broad SMARTS) is 1. The number of halogens is 2. The molecule has 0 saturated heterocycles. The average Bonchev–Trinajstić information content (AvgIpc) is 2.81. The monoisotopic (exact) mass is 375 g/mol. The first kappa shape index (κ1) is 20.8. The molecule has 0 aliphatic rings. The van der Waals surface area contributed by atoms with Gasteiger partial charge >= 0.3 is 35.5 Å². The van der Waals surface area contributed by atoms with E-state index in [1.807, 2.05) is 0 Å². The van der Waals surface area contributed by atoms with E-state index >= 15 is 0 Å². The predicted octanol–water partition coefficient (Wildman–Crippen LogP) is 1.23. The zero-order valence-corrected chi connectivity index (χ0v) is 16.2. The van der Waals surface area contributed by atoms with Gasteiger partial charge < -0.3 is 20.3 Å². The summed E-state index contributed by atoms with van der Waals surface area (Å²) in [6, 6.07) is 11.5. The van der Waals surface area contributed by atoms with Crippen molar-refractivity contribution >= 4 is 40.1 Å². The van der Waals surface area contributed by atoms with E-state index in [1.54, 1.807) is 28.8 Å². The summed E-state index contributed by atoms with van der Waals surface area (Å²) in [6.45, 7) is 0.340. The molecule has 0 radical (unpaired) electrons. The number of rotatable bonds is 3. The van der Waals surface area contributed by atoms with Crippen molar-refractivity contribution in [3.8, 4) is 5.75 Å². The minimum atomic E-state index is -1.03. The van der Waals surface area contributed by atoms with Gasteiger partial charge in [0.15, 0.2) is 0 Å². The van der Waals surface area contributed by atoms with E-state index in [2.05, 4.69) is 0 Å². The summed E-state index contributed by atoms with van der Waals surface area (Å²) in [4.78, 5) is 11.5. The molecule has 0 saturated carbocycles. The van der Waals surface area contributed by atoms with E-state index in [9.17, 15) is 15.0 Å². The number of aromatic nitrogens is 1. The molecule has 0 atom stereocenters. The molecule has 1 aromatic heterocycles. The van der Waals surface area contributed by atoms with Crippen molar-refractivity contribution in [2.24, 2.45) is 0 Å². The molecule has 0 aliphatic carbocycles. The van der Waals surface area contributed by atoms with Crippen LogP contribution in [-0.2, 0) is 6.54 Å². The molecule has 2 aromatic carbocycles. The number of phenols is 1. The van der Waals surface area contributed by atoms with Gasteiger partial charge in [0.2, 0.25) is 0 Å². The minimum absolute atomic E-state index is 0. The molecule has 8 heteroatoms. The maximum atomic E-state index is 11.5. The number of carbonyl (C=O) groups is 1. The summed E-state index contributed by atoms with van der Waals surface area (Å²) in [5.41, 5.74) is 1.70. The maximum Gasteiger partial charge on any atom is 1.00 e. The van der Waals surface area contributed by atoms with Crippen molar-refractivity contribution in [3.63, 3.8) is 0 Å². The molecule has 3 N–H and O–H groups in total. The van der Waals surface area contributed by atoms with Crippen LogP contribution in [-0.4, -0.2) is 26.2 Å². The van der Waals surface area contributed by atoms with Crippen LogP contribution in [0.3, 0.4) is 0 Å². The van der Waals surface area contributed by atoms with Crippen molar-refractivity contribution in [2.75, 3.05) is 0 Å². The largest absolute Gasteiger partial charge is 1.00 e. The summed E-state index contributed by atoms with van der Waals surface area (Å²) >= 11 is 11.9. The Morgan fingerprint density at radius 2 is 1.75 bits per heavy atom. The first-order valence-electron chi connectivity index (χ1n) is 6.45. The van der Waals surface area contributed by atoms with Gasteiger partial charge in [0.25, 0.3) is 0 Å². The average molecular weight is 376 g/mol. The quantitative estimate of drug-likeness (QED) is 0.673. The number of hydrogen-bond donors (Lipinski definition) is 2. The Labute approximate surface area is 170 Å². The number of aromatic carboxylic acids is 1. The van der Waals surface area contributed by atoms with Crippen LogP contribution in [0.5, 0.6) is 5.75 Å². The first-order valence-corrected chi connectivity index (χ1v) is 7.21. The zero-order valence-electron chi connectivity index (χ0n) is 12.7.